The van der Waals surface area contributed by atoms with E-state index >= 15 is 0 Å². The molecule has 1 aliphatic carbocycles. The maximum Gasteiger partial charge on any atom is 0.165 e. The highest BCUT2D eigenvalue weighted by Crippen LogP contribution is 2.44. The average Bonchev–Trinajstić information content (AvgIpc) is 2.46. The standard InChI is InChI=1S/C15H20O3/c1-9(2)5-6-13-15(4,17)14-11(16)7-10(3)8-12(14)18-13/h5-7,12,14,17H,8H2,1-4H3/b13-6-/t12-,14+,15-/m1/s1. The molecule has 18 heavy (non-hydrogen) atoms. The third-order valence-electron chi connectivity index (χ3n) is 3.54. The van der Waals surface area contributed by atoms with Crippen molar-refractivity contribution in [3.05, 3.63) is 35.1 Å². The van der Waals surface area contributed by atoms with Crippen molar-refractivity contribution in [2.24, 2.45) is 5.92 Å². The highest BCUT2D eigenvalue weighted by molar-refractivity contribution is 5.95. The normalized spacial score (nSPS) is 37.1. The van der Waals surface area contributed by atoms with Gasteiger partial charge in [-0.3, -0.25) is 4.79 Å². The third kappa shape index (κ3) is 2.15. The second-order valence-corrected chi connectivity index (χ2v) is 5.65. The molecule has 1 aliphatic heterocycles. The minimum Gasteiger partial charge on any atom is -0.490 e. The van der Waals surface area contributed by atoms with Gasteiger partial charge in [-0.05, 0) is 39.8 Å². The van der Waals surface area contributed by atoms with E-state index in [1.54, 1.807) is 19.1 Å². The lowest BCUT2D eigenvalue weighted by molar-refractivity contribution is -0.125. The van der Waals surface area contributed by atoms with Crippen LogP contribution in [0.25, 0.3) is 0 Å². The fourth-order valence-electron chi connectivity index (χ4n) is 2.64. The number of rotatable bonds is 1. The Morgan fingerprint density at radius 1 is 1.56 bits per heavy atom. The Hall–Kier alpha value is -1.35. The van der Waals surface area contributed by atoms with Crippen molar-refractivity contribution in [1.82, 2.24) is 0 Å². The van der Waals surface area contributed by atoms with Gasteiger partial charge in [-0.2, -0.15) is 0 Å². The van der Waals surface area contributed by atoms with Crippen LogP contribution in [0.2, 0.25) is 0 Å². The molecule has 1 N–H and O–H groups in total. The van der Waals surface area contributed by atoms with Gasteiger partial charge in [0.25, 0.3) is 0 Å². The summed E-state index contributed by atoms with van der Waals surface area (Å²) in [5.74, 6) is -0.0116. The van der Waals surface area contributed by atoms with Gasteiger partial charge in [0.15, 0.2) is 5.78 Å². The fourth-order valence-corrected chi connectivity index (χ4v) is 2.64. The van der Waals surface area contributed by atoms with Crippen LogP contribution in [0.15, 0.2) is 35.1 Å². The molecule has 1 heterocycles. The van der Waals surface area contributed by atoms with Gasteiger partial charge in [0, 0.05) is 6.42 Å². The molecular weight excluding hydrogens is 228 g/mol. The molecule has 2 rings (SSSR count). The van der Waals surface area contributed by atoms with Crippen molar-refractivity contribution in [1.29, 1.82) is 0 Å². The Labute approximate surface area is 108 Å². The van der Waals surface area contributed by atoms with Gasteiger partial charge < -0.3 is 9.84 Å². The Bertz CT molecular complexity index is 462. The van der Waals surface area contributed by atoms with E-state index in [0.29, 0.717) is 12.2 Å². The van der Waals surface area contributed by atoms with Crippen molar-refractivity contribution < 1.29 is 14.6 Å². The maximum atomic E-state index is 12.0. The molecule has 3 atom stereocenters. The number of hydrogen-bond donors (Lipinski definition) is 1. The summed E-state index contributed by atoms with van der Waals surface area (Å²) >= 11 is 0. The van der Waals surface area contributed by atoms with E-state index in [0.717, 1.165) is 11.1 Å². The Balaban J connectivity index is 2.35. The number of allylic oxidation sites excluding steroid dienone is 4. The first-order chi connectivity index (χ1) is 8.32. The molecule has 0 amide bonds. The lowest BCUT2D eigenvalue weighted by Crippen LogP contribution is -2.41. The second-order valence-electron chi connectivity index (χ2n) is 5.65. The Morgan fingerprint density at radius 3 is 2.83 bits per heavy atom. The van der Waals surface area contributed by atoms with Gasteiger partial charge in [-0.15, -0.1) is 0 Å². The Morgan fingerprint density at radius 2 is 2.22 bits per heavy atom. The molecule has 0 radical (unpaired) electrons. The van der Waals surface area contributed by atoms with E-state index in [-0.39, 0.29) is 11.9 Å². The molecule has 0 unspecified atom stereocenters. The van der Waals surface area contributed by atoms with Crippen molar-refractivity contribution in [3.63, 3.8) is 0 Å². The van der Waals surface area contributed by atoms with E-state index in [1.807, 2.05) is 26.8 Å². The van der Waals surface area contributed by atoms with Gasteiger partial charge in [0.2, 0.25) is 0 Å². The number of carbonyl (C=O) groups is 1. The number of carbonyl (C=O) groups excluding carboxylic acids is 1. The van der Waals surface area contributed by atoms with Crippen molar-refractivity contribution in [2.45, 2.75) is 45.8 Å². The minimum atomic E-state index is -1.20. The highest BCUT2D eigenvalue weighted by atomic mass is 16.5. The molecule has 0 saturated carbocycles. The van der Waals surface area contributed by atoms with E-state index in [4.69, 9.17) is 4.74 Å². The molecule has 1 fully saturated rings. The van der Waals surface area contributed by atoms with Crippen LogP contribution in [0.1, 0.15) is 34.1 Å². The molecule has 3 nitrogen and oxygen atoms in total. The molecule has 0 bridgehead atoms. The zero-order valence-electron chi connectivity index (χ0n) is 11.4. The van der Waals surface area contributed by atoms with Gasteiger partial charge >= 0.3 is 0 Å². The lowest BCUT2D eigenvalue weighted by Gasteiger charge is -2.26. The van der Waals surface area contributed by atoms with Crippen LogP contribution < -0.4 is 0 Å². The zero-order valence-corrected chi connectivity index (χ0v) is 11.4. The number of fused-ring (bicyclic) bond motifs is 1. The second kappa shape index (κ2) is 4.39. The van der Waals surface area contributed by atoms with Gasteiger partial charge in [0.05, 0.1) is 5.92 Å². The maximum absolute atomic E-state index is 12.0. The molecule has 0 aromatic carbocycles. The van der Waals surface area contributed by atoms with Crippen LogP contribution in [0, 0.1) is 5.92 Å². The number of aliphatic hydroxyl groups is 1. The molecule has 2 aliphatic rings. The topological polar surface area (TPSA) is 46.5 Å². The monoisotopic (exact) mass is 248 g/mol. The van der Waals surface area contributed by atoms with Crippen LogP contribution in [0.4, 0.5) is 0 Å². The minimum absolute atomic E-state index is 0.0330. The molecule has 0 aromatic rings. The average molecular weight is 248 g/mol. The van der Waals surface area contributed by atoms with Crippen molar-refractivity contribution >= 4 is 5.78 Å². The van der Waals surface area contributed by atoms with Crippen molar-refractivity contribution in [2.75, 3.05) is 0 Å². The summed E-state index contributed by atoms with van der Waals surface area (Å²) in [6.45, 7) is 7.54. The first-order valence-electron chi connectivity index (χ1n) is 6.28. The summed E-state index contributed by atoms with van der Waals surface area (Å²) in [5.41, 5.74) is 0.933. The van der Waals surface area contributed by atoms with Crippen molar-refractivity contribution in [3.8, 4) is 0 Å². The molecular formula is C15H20O3. The van der Waals surface area contributed by atoms with Gasteiger partial charge in [-0.1, -0.05) is 17.2 Å². The van der Waals surface area contributed by atoms with Crippen LogP contribution in [-0.4, -0.2) is 22.6 Å². The molecule has 0 aromatic heterocycles. The van der Waals surface area contributed by atoms with Gasteiger partial charge in [-0.25, -0.2) is 0 Å². The molecule has 98 valence electrons. The number of hydrogen-bond acceptors (Lipinski definition) is 3. The summed E-state index contributed by atoms with van der Waals surface area (Å²) in [5, 5.41) is 10.5. The quantitative estimate of drug-likeness (QED) is 0.775. The predicted molar refractivity (Wildman–Crippen MR) is 69.9 cm³/mol. The van der Waals surface area contributed by atoms with E-state index in [1.165, 1.54) is 0 Å². The SMILES string of the molecule is CC(C)=C/C=C1\O[C@@H]2CC(C)=CC(=O)[C@@H]2[C@]1(C)O. The van der Waals surface area contributed by atoms with E-state index in [9.17, 15) is 9.90 Å². The Kier molecular flexibility index (Phi) is 3.20. The fraction of sp³-hybridized carbons (Fsp3) is 0.533. The molecule has 0 spiro atoms. The first-order valence-corrected chi connectivity index (χ1v) is 6.28. The first kappa shape index (κ1) is 13.1. The lowest BCUT2D eigenvalue weighted by atomic mass is 9.77. The summed E-state index contributed by atoms with van der Waals surface area (Å²) in [7, 11) is 0. The predicted octanol–water partition coefficient (Wildman–Crippen LogP) is 2.52. The third-order valence-corrected chi connectivity index (χ3v) is 3.54. The molecule has 3 heteroatoms. The number of ether oxygens (including phenoxy) is 1. The largest absolute Gasteiger partial charge is 0.490 e. The van der Waals surface area contributed by atoms with Gasteiger partial charge in [0.1, 0.15) is 17.5 Å². The van der Waals surface area contributed by atoms with E-state index in [2.05, 4.69) is 0 Å². The van der Waals surface area contributed by atoms with Crippen LogP contribution >= 0.6 is 0 Å². The van der Waals surface area contributed by atoms with E-state index < -0.39 is 11.5 Å². The number of ketones is 1. The molecule has 1 saturated heterocycles. The zero-order chi connectivity index (χ0) is 13.5. The summed E-state index contributed by atoms with van der Waals surface area (Å²) in [6, 6.07) is 0. The summed E-state index contributed by atoms with van der Waals surface area (Å²) < 4.78 is 5.78. The smallest absolute Gasteiger partial charge is 0.165 e. The summed E-state index contributed by atoms with van der Waals surface area (Å²) in [6.07, 6.45) is 5.78. The van der Waals surface area contributed by atoms with Crippen LogP contribution in [0.5, 0.6) is 0 Å². The highest BCUT2D eigenvalue weighted by Gasteiger charge is 2.54. The summed E-state index contributed by atoms with van der Waals surface area (Å²) in [4.78, 5) is 12.0. The van der Waals surface area contributed by atoms with Crippen LogP contribution in [0.3, 0.4) is 0 Å². The van der Waals surface area contributed by atoms with Crippen LogP contribution in [-0.2, 0) is 9.53 Å².